The van der Waals surface area contributed by atoms with Crippen LogP contribution in [0.1, 0.15) is 16.1 Å². The highest BCUT2D eigenvalue weighted by Gasteiger charge is 2.52. The second-order valence-electron chi connectivity index (χ2n) is 6.92. The fraction of sp³-hybridized carbons (Fsp3) is 0.150. The number of aryl methyl sites for hydroxylation is 1. The largest absolute Gasteiger partial charge is 0.351 e. The van der Waals surface area contributed by atoms with E-state index in [-0.39, 0.29) is 16.6 Å². The molecule has 2 aromatic carbocycles. The van der Waals surface area contributed by atoms with Crippen LogP contribution in [0.15, 0.2) is 53.6 Å². The molecule has 2 amide bonds. The van der Waals surface area contributed by atoms with E-state index in [0.717, 1.165) is 30.0 Å². The molecule has 0 bridgehead atoms. The summed E-state index contributed by atoms with van der Waals surface area (Å²) in [4.78, 5) is 11.5. The molecular formula is C20H18F2N8OS2. The topological polar surface area (TPSA) is 124 Å². The number of urea groups is 1. The number of nitrogens with two attached hydrogens (primary N) is 1. The number of nitrogens with zero attached hydrogens (tertiary/aromatic N) is 5. The zero-order valence-electron chi connectivity index (χ0n) is 17.4. The van der Waals surface area contributed by atoms with E-state index in [0.29, 0.717) is 15.7 Å². The van der Waals surface area contributed by atoms with Crippen LogP contribution in [0.4, 0.5) is 18.7 Å². The molecule has 2 heterocycles. The number of halogens is 2. The van der Waals surface area contributed by atoms with Gasteiger partial charge in [-0.25, -0.2) is 13.6 Å². The van der Waals surface area contributed by atoms with Crippen molar-refractivity contribution in [3.63, 3.8) is 0 Å². The van der Waals surface area contributed by atoms with Crippen LogP contribution in [0, 0.1) is 24.0 Å². The highest BCUT2D eigenvalue weighted by molar-refractivity contribution is 8.15. The fourth-order valence-corrected chi connectivity index (χ4v) is 5.36. The third kappa shape index (κ3) is 4.12. The molecule has 4 rings (SSSR count). The van der Waals surface area contributed by atoms with E-state index < -0.39 is 22.7 Å². The number of hydrogen-bond donors (Lipinski definition) is 3. The first-order valence-corrected chi connectivity index (χ1v) is 11.1. The number of thioether (sulfide) groups is 1. The summed E-state index contributed by atoms with van der Waals surface area (Å²) in [6, 6.07) is 11.2. The van der Waals surface area contributed by atoms with Crippen molar-refractivity contribution in [3.8, 4) is 0 Å². The Labute approximate surface area is 195 Å². The summed E-state index contributed by atoms with van der Waals surface area (Å²) in [5.74, 6) is -1.61. The van der Waals surface area contributed by atoms with Crippen LogP contribution in [-0.2, 0) is 4.99 Å². The molecule has 0 saturated heterocycles. The number of primary amides is 1. The van der Waals surface area contributed by atoms with Crippen LogP contribution in [0.3, 0.4) is 0 Å². The summed E-state index contributed by atoms with van der Waals surface area (Å²) in [6.07, 6.45) is 0. The SMILES string of the molecule is Cc1nnc(N2N=C(c3cc(F)ccc3F)SC2(c2ccccc2)N(C)C(=N)NC(N)=O)s1. The summed E-state index contributed by atoms with van der Waals surface area (Å²) >= 11 is 2.30. The molecule has 170 valence electrons. The molecule has 1 aromatic heterocycles. The van der Waals surface area contributed by atoms with Gasteiger partial charge in [0.1, 0.15) is 21.7 Å². The number of hydrogen-bond acceptors (Lipinski definition) is 8. The Bertz CT molecular complexity index is 1250. The van der Waals surface area contributed by atoms with E-state index in [1.807, 2.05) is 6.07 Å². The first kappa shape index (κ1) is 22.6. The Kier molecular flexibility index (Phi) is 5.99. The molecule has 13 heteroatoms. The van der Waals surface area contributed by atoms with Gasteiger partial charge in [0, 0.05) is 18.2 Å². The highest BCUT2D eigenvalue weighted by atomic mass is 32.2. The van der Waals surface area contributed by atoms with Crippen molar-refractivity contribution in [1.82, 2.24) is 20.4 Å². The average Bonchev–Trinajstić information content (AvgIpc) is 3.39. The fourth-order valence-electron chi connectivity index (χ4n) is 3.26. The van der Waals surface area contributed by atoms with Gasteiger partial charge in [-0.15, -0.1) is 10.2 Å². The van der Waals surface area contributed by atoms with Crippen molar-refractivity contribution in [2.75, 3.05) is 12.1 Å². The van der Waals surface area contributed by atoms with Crippen LogP contribution in [-0.4, -0.2) is 39.2 Å². The van der Waals surface area contributed by atoms with E-state index in [9.17, 15) is 13.6 Å². The molecule has 1 atom stereocenters. The van der Waals surface area contributed by atoms with E-state index in [1.54, 1.807) is 38.2 Å². The minimum Gasteiger partial charge on any atom is -0.351 e. The maximum atomic E-state index is 14.7. The van der Waals surface area contributed by atoms with Crippen LogP contribution >= 0.6 is 23.1 Å². The maximum Gasteiger partial charge on any atom is 0.318 e. The Morgan fingerprint density at radius 3 is 2.58 bits per heavy atom. The molecule has 1 unspecified atom stereocenters. The van der Waals surface area contributed by atoms with E-state index in [1.165, 1.54) is 21.2 Å². The predicted molar refractivity (Wildman–Crippen MR) is 124 cm³/mol. The molecule has 9 nitrogen and oxygen atoms in total. The van der Waals surface area contributed by atoms with Gasteiger partial charge < -0.3 is 10.6 Å². The monoisotopic (exact) mass is 488 g/mol. The molecule has 0 spiro atoms. The third-order valence-corrected chi connectivity index (χ3v) is 7.03. The quantitative estimate of drug-likeness (QED) is 0.382. The molecule has 1 aliphatic heterocycles. The molecule has 33 heavy (non-hydrogen) atoms. The zero-order chi connectivity index (χ0) is 23.8. The standard InChI is InChI=1S/C20H18F2N8OS2/c1-11-26-27-19(32-11)30-20(12-6-4-3-5-7-12,29(2)17(23)25-18(24)31)33-16(28-30)14-10-13(21)8-9-15(14)22/h3-10H,1-2H3,(H4,23,24,25,31). The second kappa shape index (κ2) is 8.75. The number of nitrogens with one attached hydrogen (secondary N) is 2. The van der Waals surface area contributed by atoms with Gasteiger partial charge in [-0.3, -0.25) is 10.7 Å². The molecule has 0 aliphatic carbocycles. The van der Waals surface area contributed by atoms with E-state index in [4.69, 9.17) is 11.1 Å². The summed E-state index contributed by atoms with van der Waals surface area (Å²) in [7, 11) is 1.56. The summed E-state index contributed by atoms with van der Waals surface area (Å²) < 4.78 is 28.7. The number of carbonyl (C=O) groups excluding carboxylic acids is 1. The Morgan fingerprint density at radius 1 is 1.21 bits per heavy atom. The molecule has 0 saturated carbocycles. The minimum atomic E-state index is -1.35. The molecule has 4 N–H and O–H groups in total. The summed E-state index contributed by atoms with van der Waals surface area (Å²) in [5.41, 5.74) is 5.82. The van der Waals surface area contributed by atoms with Gasteiger partial charge >= 0.3 is 6.03 Å². The lowest BCUT2D eigenvalue weighted by Crippen LogP contribution is -2.57. The molecule has 3 aromatic rings. The Morgan fingerprint density at radius 2 is 1.94 bits per heavy atom. The number of guanidine groups is 1. The normalized spacial score (nSPS) is 17.6. The second-order valence-corrected chi connectivity index (χ2v) is 9.24. The van der Waals surface area contributed by atoms with Crippen LogP contribution < -0.4 is 16.1 Å². The van der Waals surface area contributed by atoms with Gasteiger partial charge in [0.15, 0.2) is 0 Å². The third-order valence-electron chi connectivity index (χ3n) is 4.75. The number of aromatic nitrogens is 2. The summed E-state index contributed by atoms with van der Waals surface area (Å²) in [5, 5.41) is 26.2. The van der Waals surface area contributed by atoms with Crippen molar-refractivity contribution in [2.45, 2.75) is 11.9 Å². The van der Waals surface area contributed by atoms with Crippen LogP contribution in [0.2, 0.25) is 0 Å². The van der Waals surface area contributed by atoms with Crippen molar-refractivity contribution < 1.29 is 13.6 Å². The van der Waals surface area contributed by atoms with Crippen molar-refractivity contribution >= 4 is 45.3 Å². The van der Waals surface area contributed by atoms with Gasteiger partial charge in [0.05, 0.1) is 0 Å². The average molecular weight is 489 g/mol. The summed E-state index contributed by atoms with van der Waals surface area (Å²) in [6.45, 7) is 1.77. The van der Waals surface area contributed by atoms with Crippen LogP contribution in [0.5, 0.6) is 0 Å². The lowest BCUT2D eigenvalue weighted by Gasteiger charge is -2.43. The number of anilines is 1. The highest BCUT2D eigenvalue weighted by Crippen LogP contribution is 2.51. The van der Waals surface area contributed by atoms with Gasteiger partial charge in [0.25, 0.3) is 0 Å². The van der Waals surface area contributed by atoms with E-state index in [2.05, 4.69) is 20.6 Å². The molecule has 1 aliphatic rings. The number of hydrazone groups is 1. The van der Waals surface area contributed by atoms with Gasteiger partial charge in [-0.05, 0) is 36.9 Å². The first-order chi connectivity index (χ1) is 15.7. The lowest BCUT2D eigenvalue weighted by molar-refractivity contribution is 0.249. The minimum absolute atomic E-state index is 0.0492. The van der Waals surface area contributed by atoms with Gasteiger partial charge in [0.2, 0.25) is 16.1 Å². The number of amides is 2. The smallest absolute Gasteiger partial charge is 0.318 e. The van der Waals surface area contributed by atoms with Crippen molar-refractivity contribution in [1.29, 1.82) is 5.41 Å². The van der Waals surface area contributed by atoms with Crippen molar-refractivity contribution in [3.05, 3.63) is 76.3 Å². The Hall–Kier alpha value is -3.58. The van der Waals surface area contributed by atoms with Crippen LogP contribution in [0.25, 0.3) is 0 Å². The molecule has 0 radical (unpaired) electrons. The molecule has 0 fully saturated rings. The Balaban J connectivity index is 1.94. The number of benzene rings is 2. The van der Waals surface area contributed by atoms with Gasteiger partial charge in [-0.1, -0.05) is 41.7 Å². The zero-order valence-corrected chi connectivity index (χ0v) is 19.0. The van der Waals surface area contributed by atoms with Gasteiger partial charge in [-0.2, -0.15) is 10.1 Å². The van der Waals surface area contributed by atoms with E-state index >= 15 is 0 Å². The maximum absolute atomic E-state index is 14.7. The molecular weight excluding hydrogens is 470 g/mol. The number of rotatable bonds is 4. The first-order valence-electron chi connectivity index (χ1n) is 9.50. The predicted octanol–water partition coefficient (Wildman–Crippen LogP) is 3.39. The van der Waals surface area contributed by atoms with Crippen molar-refractivity contribution in [2.24, 2.45) is 10.8 Å². The number of carbonyl (C=O) groups is 1. The lowest BCUT2D eigenvalue weighted by atomic mass is 10.1.